The normalized spacial score (nSPS) is 14.1. The molecule has 0 bridgehead atoms. The van der Waals surface area contributed by atoms with E-state index in [2.05, 4.69) is 121 Å². The van der Waals surface area contributed by atoms with Crippen molar-refractivity contribution in [1.29, 1.82) is 0 Å². The van der Waals surface area contributed by atoms with Gasteiger partial charge in [-0.25, -0.2) is 0 Å². The van der Waals surface area contributed by atoms with Crippen LogP contribution in [-0.4, -0.2) is 4.57 Å². The fraction of sp³-hybridized carbons (Fsp3) is 0.189. The van der Waals surface area contributed by atoms with Crippen molar-refractivity contribution in [2.75, 3.05) is 0 Å². The summed E-state index contributed by atoms with van der Waals surface area (Å²) in [6.45, 7) is 3.36. The van der Waals surface area contributed by atoms with Crippen molar-refractivity contribution in [2.45, 2.75) is 44.6 Å². The van der Waals surface area contributed by atoms with Crippen LogP contribution in [0.4, 0.5) is 0 Å². The molecule has 5 aromatic carbocycles. The number of benzene rings is 5. The molecule has 2 aliphatic rings. The molecule has 6 aromatic rings. The highest BCUT2D eigenvalue weighted by Crippen LogP contribution is 2.64. The van der Waals surface area contributed by atoms with Crippen molar-refractivity contribution in [3.8, 4) is 22.3 Å². The van der Waals surface area contributed by atoms with E-state index >= 15 is 0 Å². The van der Waals surface area contributed by atoms with E-state index in [1.54, 1.807) is 0 Å². The van der Waals surface area contributed by atoms with Gasteiger partial charge in [-0.2, -0.15) is 0 Å². The molecule has 0 amide bonds. The Morgan fingerprint density at radius 1 is 0.553 bits per heavy atom. The summed E-state index contributed by atoms with van der Waals surface area (Å²) in [4.78, 5) is 0. The van der Waals surface area contributed by atoms with Crippen LogP contribution >= 0.6 is 0 Å². The van der Waals surface area contributed by atoms with Crippen LogP contribution < -0.4 is 0 Å². The van der Waals surface area contributed by atoms with E-state index in [4.69, 9.17) is 0 Å². The maximum Gasteiger partial charge on any atom is 0.0725 e. The van der Waals surface area contributed by atoms with Crippen LogP contribution in [-0.2, 0) is 12.0 Å². The number of aromatic nitrogens is 1. The molecule has 0 N–H and O–H groups in total. The standard InChI is InChI=1S/C37H31N/c1-2-3-4-11-23-38-34-20-10-7-15-28(34)31-24-25(21-22-35(31)38)37-32-18-8-5-13-26(32)29-16-12-17-30(36(29)37)27-14-6-9-19-33(27)37/h5-10,12-22,24H,2-4,11,23H2,1H3. The first kappa shape index (κ1) is 21.9. The van der Waals surface area contributed by atoms with Gasteiger partial charge in [-0.15, -0.1) is 0 Å². The molecule has 0 aliphatic heterocycles. The highest BCUT2D eigenvalue weighted by atomic mass is 15.0. The Balaban J connectivity index is 1.43. The Morgan fingerprint density at radius 2 is 1.18 bits per heavy atom. The predicted octanol–water partition coefficient (Wildman–Crippen LogP) is 9.72. The maximum atomic E-state index is 2.56. The van der Waals surface area contributed by atoms with Crippen LogP contribution in [0.5, 0.6) is 0 Å². The fourth-order valence-electron chi connectivity index (χ4n) is 7.59. The first-order chi connectivity index (χ1) is 18.8. The summed E-state index contributed by atoms with van der Waals surface area (Å²) < 4.78 is 2.56. The molecule has 8 rings (SSSR count). The molecule has 184 valence electrons. The van der Waals surface area contributed by atoms with Gasteiger partial charge in [0.2, 0.25) is 0 Å². The zero-order chi connectivity index (χ0) is 25.3. The lowest BCUT2D eigenvalue weighted by atomic mass is 9.70. The predicted molar refractivity (Wildman–Crippen MR) is 160 cm³/mol. The van der Waals surface area contributed by atoms with E-state index in [0.29, 0.717) is 0 Å². The minimum atomic E-state index is -0.280. The molecular formula is C37H31N. The Hall–Kier alpha value is -4.10. The molecule has 0 saturated carbocycles. The maximum absolute atomic E-state index is 2.56. The molecule has 0 saturated heterocycles. The van der Waals surface area contributed by atoms with Crippen LogP contribution in [0, 0.1) is 0 Å². The van der Waals surface area contributed by atoms with E-state index in [0.717, 1.165) is 6.54 Å². The summed E-state index contributed by atoms with van der Waals surface area (Å²) in [5.74, 6) is 0. The first-order valence-corrected chi connectivity index (χ1v) is 14.2. The van der Waals surface area contributed by atoms with Gasteiger partial charge in [0, 0.05) is 28.4 Å². The molecule has 38 heavy (non-hydrogen) atoms. The summed E-state index contributed by atoms with van der Waals surface area (Å²) in [6, 6.07) is 41.4. The highest BCUT2D eigenvalue weighted by molar-refractivity contribution is 6.09. The fourth-order valence-corrected chi connectivity index (χ4v) is 7.59. The summed E-state index contributed by atoms with van der Waals surface area (Å²) in [6.07, 6.45) is 5.10. The van der Waals surface area contributed by atoms with Gasteiger partial charge in [-0.05, 0) is 69.1 Å². The minimum Gasteiger partial charge on any atom is -0.340 e. The number of para-hydroxylation sites is 1. The van der Waals surface area contributed by atoms with E-state index in [9.17, 15) is 0 Å². The smallest absolute Gasteiger partial charge is 0.0725 e. The third-order valence-corrected chi connectivity index (χ3v) is 9.12. The number of unbranched alkanes of at least 4 members (excludes halogenated alkanes) is 3. The van der Waals surface area contributed by atoms with E-state index in [-0.39, 0.29) is 5.41 Å². The summed E-state index contributed by atoms with van der Waals surface area (Å²) >= 11 is 0. The molecule has 0 spiro atoms. The third-order valence-electron chi connectivity index (χ3n) is 9.12. The SMILES string of the molecule is CCCCCCn1c2ccccc2c2cc(C34c5ccccc5-c5cccc(c53)-c3ccccc34)ccc21. The lowest BCUT2D eigenvalue weighted by Gasteiger charge is -2.31. The topological polar surface area (TPSA) is 4.93 Å². The second-order valence-corrected chi connectivity index (χ2v) is 11.0. The average Bonchev–Trinajstić information content (AvgIpc) is 3.57. The number of aryl methyl sites for hydroxylation is 1. The van der Waals surface area contributed by atoms with Crippen molar-refractivity contribution >= 4 is 21.8 Å². The Kier molecular flexibility index (Phi) is 4.73. The number of rotatable bonds is 6. The number of fused-ring (bicyclic) bond motifs is 9. The van der Waals surface area contributed by atoms with Gasteiger partial charge in [0.25, 0.3) is 0 Å². The van der Waals surface area contributed by atoms with Crippen LogP contribution in [0.1, 0.15) is 54.9 Å². The molecule has 0 radical (unpaired) electrons. The Bertz CT molecular complexity index is 1800. The highest BCUT2D eigenvalue weighted by Gasteiger charge is 2.52. The number of nitrogens with zero attached hydrogens (tertiary/aromatic N) is 1. The first-order valence-electron chi connectivity index (χ1n) is 14.2. The van der Waals surface area contributed by atoms with Gasteiger partial charge >= 0.3 is 0 Å². The van der Waals surface area contributed by atoms with Crippen LogP contribution in [0.3, 0.4) is 0 Å². The minimum absolute atomic E-state index is 0.280. The van der Waals surface area contributed by atoms with Gasteiger partial charge in [0.05, 0.1) is 5.41 Å². The van der Waals surface area contributed by atoms with Gasteiger partial charge in [-0.3, -0.25) is 0 Å². The monoisotopic (exact) mass is 489 g/mol. The Labute approximate surface area is 224 Å². The van der Waals surface area contributed by atoms with Crippen LogP contribution in [0.2, 0.25) is 0 Å². The third kappa shape index (κ3) is 2.72. The second kappa shape index (κ2) is 8.20. The lowest BCUT2D eigenvalue weighted by molar-refractivity contribution is 0.602. The lowest BCUT2D eigenvalue weighted by Crippen LogP contribution is -2.26. The van der Waals surface area contributed by atoms with Crippen molar-refractivity contribution in [3.05, 3.63) is 131 Å². The zero-order valence-electron chi connectivity index (χ0n) is 21.9. The summed E-state index contributed by atoms with van der Waals surface area (Å²) in [5, 5.41) is 2.73. The molecule has 0 fully saturated rings. The van der Waals surface area contributed by atoms with E-state index in [1.807, 2.05) is 0 Å². The Morgan fingerprint density at radius 3 is 1.92 bits per heavy atom. The zero-order valence-corrected chi connectivity index (χ0v) is 21.9. The van der Waals surface area contributed by atoms with Crippen molar-refractivity contribution in [2.24, 2.45) is 0 Å². The molecule has 2 aliphatic carbocycles. The molecule has 1 aromatic heterocycles. The van der Waals surface area contributed by atoms with Gasteiger partial charge in [-0.1, -0.05) is 117 Å². The van der Waals surface area contributed by atoms with E-state index in [1.165, 1.54) is 92.0 Å². The van der Waals surface area contributed by atoms with Gasteiger partial charge in [0.1, 0.15) is 0 Å². The molecule has 0 atom stereocenters. The molecule has 1 nitrogen and oxygen atoms in total. The van der Waals surface area contributed by atoms with Crippen molar-refractivity contribution < 1.29 is 0 Å². The van der Waals surface area contributed by atoms with Gasteiger partial charge in [0.15, 0.2) is 0 Å². The number of hydrogen-bond donors (Lipinski definition) is 0. The quantitative estimate of drug-likeness (QED) is 0.205. The van der Waals surface area contributed by atoms with Crippen molar-refractivity contribution in [1.82, 2.24) is 4.57 Å². The van der Waals surface area contributed by atoms with E-state index < -0.39 is 0 Å². The average molecular weight is 490 g/mol. The molecule has 1 heteroatoms. The molecular weight excluding hydrogens is 458 g/mol. The van der Waals surface area contributed by atoms with Crippen LogP contribution in [0.25, 0.3) is 44.1 Å². The summed E-state index contributed by atoms with van der Waals surface area (Å²) in [7, 11) is 0. The molecule has 1 heterocycles. The number of hydrogen-bond acceptors (Lipinski definition) is 0. The largest absolute Gasteiger partial charge is 0.340 e. The van der Waals surface area contributed by atoms with Gasteiger partial charge < -0.3 is 4.57 Å². The van der Waals surface area contributed by atoms with Crippen molar-refractivity contribution in [3.63, 3.8) is 0 Å². The molecule has 0 unspecified atom stereocenters. The second-order valence-electron chi connectivity index (χ2n) is 11.0. The summed E-state index contributed by atoms with van der Waals surface area (Å²) in [5.41, 5.74) is 13.6. The van der Waals surface area contributed by atoms with Crippen LogP contribution in [0.15, 0.2) is 109 Å².